The maximum absolute atomic E-state index is 5.39. The zero-order chi connectivity index (χ0) is 14.1. The van der Waals surface area contributed by atoms with Gasteiger partial charge in [0.15, 0.2) is 0 Å². The van der Waals surface area contributed by atoms with E-state index in [0.717, 1.165) is 34.6 Å². The average Bonchev–Trinajstić information content (AvgIpc) is 2.82. The molecule has 1 N–H and O–H groups in total. The van der Waals surface area contributed by atoms with Crippen LogP contribution in [0.1, 0.15) is 22.5 Å². The van der Waals surface area contributed by atoms with Gasteiger partial charge < -0.3 is 9.72 Å². The zero-order valence-corrected chi connectivity index (χ0v) is 12.0. The fourth-order valence-electron chi connectivity index (χ4n) is 2.64. The Hall–Kier alpha value is -2.29. The van der Waals surface area contributed by atoms with Crippen LogP contribution in [0.5, 0.6) is 5.75 Å². The van der Waals surface area contributed by atoms with Crippen molar-refractivity contribution in [2.75, 3.05) is 7.11 Å². The van der Waals surface area contributed by atoms with Gasteiger partial charge in [0, 0.05) is 12.0 Å². The number of aromatic nitrogens is 2. The Morgan fingerprint density at radius 1 is 1.15 bits per heavy atom. The molecule has 3 heteroatoms. The van der Waals surface area contributed by atoms with Crippen LogP contribution in [0.2, 0.25) is 0 Å². The molecule has 0 unspecified atom stereocenters. The number of aryl methyl sites for hydroxylation is 2. The maximum atomic E-state index is 5.39. The van der Waals surface area contributed by atoms with E-state index in [-0.39, 0.29) is 0 Å². The van der Waals surface area contributed by atoms with Crippen molar-refractivity contribution in [2.24, 2.45) is 0 Å². The average molecular weight is 266 g/mol. The number of fused-ring (bicyclic) bond motifs is 1. The Labute approximate surface area is 118 Å². The third kappa shape index (κ3) is 2.27. The van der Waals surface area contributed by atoms with Gasteiger partial charge in [-0.05, 0) is 37.1 Å². The van der Waals surface area contributed by atoms with E-state index in [1.807, 2.05) is 18.2 Å². The van der Waals surface area contributed by atoms with E-state index in [4.69, 9.17) is 9.72 Å². The minimum atomic E-state index is 0.747. The van der Waals surface area contributed by atoms with Crippen LogP contribution in [0.3, 0.4) is 0 Å². The number of para-hydroxylation sites is 1. The molecule has 102 valence electrons. The SMILES string of the molecule is COc1ccccc1Cc1nc2c(C)cc(C)cc2[nH]1. The normalized spacial score (nSPS) is 10.9. The minimum Gasteiger partial charge on any atom is -0.496 e. The zero-order valence-electron chi connectivity index (χ0n) is 12.0. The molecular weight excluding hydrogens is 248 g/mol. The summed E-state index contributed by atoms with van der Waals surface area (Å²) in [6.45, 7) is 4.20. The highest BCUT2D eigenvalue weighted by Crippen LogP contribution is 2.23. The smallest absolute Gasteiger partial charge is 0.122 e. The van der Waals surface area contributed by atoms with Crippen molar-refractivity contribution in [1.82, 2.24) is 9.97 Å². The van der Waals surface area contributed by atoms with Crippen LogP contribution in [0, 0.1) is 13.8 Å². The molecule has 0 bridgehead atoms. The molecule has 0 atom stereocenters. The Balaban J connectivity index is 2.01. The van der Waals surface area contributed by atoms with Gasteiger partial charge in [0.2, 0.25) is 0 Å². The number of benzene rings is 2. The first-order valence-corrected chi connectivity index (χ1v) is 6.75. The molecule has 0 aliphatic carbocycles. The molecule has 3 rings (SSSR count). The summed E-state index contributed by atoms with van der Waals surface area (Å²) < 4.78 is 5.39. The summed E-state index contributed by atoms with van der Waals surface area (Å²) in [5, 5.41) is 0. The van der Waals surface area contributed by atoms with Gasteiger partial charge in [-0.2, -0.15) is 0 Å². The number of nitrogens with zero attached hydrogens (tertiary/aromatic N) is 1. The van der Waals surface area contributed by atoms with Crippen molar-refractivity contribution in [3.8, 4) is 5.75 Å². The molecule has 3 nitrogen and oxygen atoms in total. The standard InChI is InChI=1S/C17H18N2O/c1-11-8-12(2)17-14(9-11)18-16(19-17)10-13-6-4-5-7-15(13)20-3/h4-9H,10H2,1-3H3,(H,18,19). The molecule has 3 aromatic rings. The lowest BCUT2D eigenvalue weighted by atomic mass is 10.1. The van der Waals surface area contributed by atoms with Gasteiger partial charge in [-0.3, -0.25) is 0 Å². The molecule has 0 radical (unpaired) electrons. The highest BCUT2D eigenvalue weighted by molar-refractivity contribution is 5.79. The van der Waals surface area contributed by atoms with E-state index in [9.17, 15) is 0 Å². The van der Waals surface area contributed by atoms with E-state index >= 15 is 0 Å². The number of H-pyrrole nitrogens is 1. The van der Waals surface area contributed by atoms with E-state index < -0.39 is 0 Å². The van der Waals surface area contributed by atoms with Gasteiger partial charge in [0.25, 0.3) is 0 Å². The molecule has 0 amide bonds. The van der Waals surface area contributed by atoms with Gasteiger partial charge in [-0.15, -0.1) is 0 Å². The van der Waals surface area contributed by atoms with Gasteiger partial charge >= 0.3 is 0 Å². The van der Waals surface area contributed by atoms with Crippen molar-refractivity contribution in [2.45, 2.75) is 20.3 Å². The van der Waals surface area contributed by atoms with E-state index in [2.05, 4.69) is 37.0 Å². The topological polar surface area (TPSA) is 37.9 Å². The van der Waals surface area contributed by atoms with Crippen molar-refractivity contribution < 1.29 is 4.74 Å². The van der Waals surface area contributed by atoms with Gasteiger partial charge in [0.05, 0.1) is 18.1 Å². The number of hydrogen-bond acceptors (Lipinski definition) is 2. The number of aromatic amines is 1. The summed E-state index contributed by atoms with van der Waals surface area (Å²) in [5.74, 6) is 1.87. The van der Waals surface area contributed by atoms with Gasteiger partial charge in [0.1, 0.15) is 11.6 Å². The maximum Gasteiger partial charge on any atom is 0.122 e. The number of ether oxygens (including phenoxy) is 1. The molecule has 1 aromatic heterocycles. The van der Waals surface area contributed by atoms with Crippen LogP contribution in [-0.2, 0) is 6.42 Å². The van der Waals surface area contributed by atoms with E-state index in [1.54, 1.807) is 7.11 Å². The third-order valence-electron chi connectivity index (χ3n) is 3.52. The summed E-state index contributed by atoms with van der Waals surface area (Å²) in [6.07, 6.45) is 0.747. The fourth-order valence-corrected chi connectivity index (χ4v) is 2.64. The number of hydrogen-bond donors (Lipinski definition) is 1. The first kappa shape index (κ1) is 12.7. The molecule has 0 spiro atoms. The Morgan fingerprint density at radius 2 is 1.95 bits per heavy atom. The third-order valence-corrected chi connectivity index (χ3v) is 3.52. The fraction of sp³-hybridized carbons (Fsp3) is 0.235. The molecule has 0 aliphatic rings. The minimum absolute atomic E-state index is 0.747. The molecule has 1 heterocycles. The van der Waals surface area contributed by atoms with Crippen molar-refractivity contribution in [3.63, 3.8) is 0 Å². The first-order valence-electron chi connectivity index (χ1n) is 6.75. The lowest BCUT2D eigenvalue weighted by molar-refractivity contribution is 0.410. The number of methoxy groups -OCH3 is 1. The number of nitrogens with one attached hydrogen (secondary N) is 1. The Kier molecular flexibility index (Phi) is 3.18. The highest BCUT2D eigenvalue weighted by atomic mass is 16.5. The summed E-state index contributed by atoms with van der Waals surface area (Å²) in [7, 11) is 1.70. The predicted octanol–water partition coefficient (Wildman–Crippen LogP) is 3.78. The Bertz CT molecular complexity index is 759. The lowest BCUT2D eigenvalue weighted by Gasteiger charge is -2.05. The lowest BCUT2D eigenvalue weighted by Crippen LogP contribution is -1.94. The predicted molar refractivity (Wildman–Crippen MR) is 81.4 cm³/mol. The summed E-state index contributed by atoms with van der Waals surface area (Å²) in [4.78, 5) is 8.12. The molecule has 2 aromatic carbocycles. The van der Waals surface area contributed by atoms with Gasteiger partial charge in [-0.25, -0.2) is 4.98 Å². The monoisotopic (exact) mass is 266 g/mol. The molecule has 0 saturated heterocycles. The van der Waals surface area contributed by atoms with Crippen LogP contribution in [0.25, 0.3) is 11.0 Å². The summed E-state index contributed by atoms with van der Waals surface area (Å²) in [6, 6.07) is 12.4. The summed E-state index contributed by atoms with van der Waals surface area (Å²) >= 11 is 0. The van der Waals surface area contributed by atoms with Crippen molar-refractivity contribution >= 4 is 11.0 Å². The number of imidazole rings is 1. The second-order valence-electron chi connectivity index (χ2n) is 5.15. The molecule has 20 heavy (non-hydrogen) atoms. The molecule has 0 fully saturated rings. The molecule has 0 saturated carbocycles. The van der Waals surface area contributed by atoms with Crippen molar-refractivity contribution in [1.29, 1.82) is 0 Å². The molecule has 0 aliphatic heterocycles. The Morgan fingerprint density at radius 3 is 2.75 bits per heavy atom. The second-order valence-corrected chi connectivity index (χ2v) is 5.15. The number of rotatable bonds is 3. The van der Waals surface area contributed by atoms with Crippen LogP contribution in [0.4, 0.5) is 0 Å². The van der Waals surface area contributed by atoms with Crippen molar-refractivity contribution in [3.05, 3.63) is 58.9 Å². The van der Waals surface area contributed by atoms with E-state index in [1.165, 1.54) is 11.1 Å². The van der Waals surface area contributed by atoms with Crippen LogP contribution < -0.4 is 4.74 Å². The summed E-state index contributed by atoms with van der Waals surface area (Å²) in [5.41, 5.74) is 5.77. The van der Waals surface area contributed by atoms with Crippen LogP contribution in [-0.4, -0.2) is 17.1 Å². The van der Waals surface area contributed by atoms with Crippen LogP contribution in [0.15, 0.2) is 36.4 Å². The molecular formula is C17H18N2O. The quantitative estimate of drug-likeness (QED) is 0.783. The van der Waals surface area contributed by atoms with Gasteiger partial charge in [-0.1, -0.05) is 24.3 Å². The first-order chi connectivity index (χ1) is 9.67. The second kappa shape index (κ2) is 5.00. The largest absolute Gasteiger partial charge is 0.496 e. The van der Waals surface area contributed by atoms with E-state index in [0.29, 0.717) is 0 Å². The highest BCUT2D eigenvalue weighted by Gasteiger charge is 2.09. The van der Waals surface area contributed by atoms with Crippen LogP contribution >= 0.6 is 0 Å².